The third kappa shape index (κ3) is 1.48. The normalized spacial score (nSPS) is 20.3. The molecule has 1 aliphatic rings. The molecule has 1 fully saturated rings. The number of nitrogens with zero attached hydrogens (tertiary/aromatic N) is 1. The van der Waals surface area contributed by atoms with Crippen LogP contribution in [0.5, 0.6) is 0 Å². The molecule has 3 heteroatoms. The average Bonchev–Trinajstić information content (AvgIpc) is 2.60. The van der Waals surface area contributed by atoms with Crippen molar-refractivity contribution in [2.75, 3.05) is 0 Å². The van der Waals surface area contributed by atoms with E-state index in [1.54, 1.807) is 6.26 Å². The highest BCUT2D eigenvalue weighted by Gasteiger charge is 2.45. The highest BCUT2D eigenvalue weighted by molar-refractivity contribution is 5.17. The van der Waals surface area contributed by atoms with Gasteiger partial charge < -0.3 is 9.52 Å². The van der Waals surface area contributed by atoms with Gasteiger partial charge in [-0.25, -0.2) is 4.98 Å². The zero-order chi connectivity index (χ0) is 9.69. The summed E-state index contributed by atoms with van der Waals surface area (Å²) in [6.45, 7) is 6.12. The maximum absolute atomic E-state index is 9.76. The van der Waals surface area contributed by atoms with Crippen LogP contribution in [0, 0.1) is 0 Å². The molecule has 1 aromatic heterocycles. The molecule has 3 nitrogen and oxygen atoms in total. The van der Waals surface area contributed by atoms with E-state index < -0.39 is 5.60 Å². The zero-order valence-electron chi connectivity index (χ0n) is 8.29. The molecule has 1 N–H and O–H groups in total. The fraction of sp³-hybridized carbons (Fsp3) is 0.700. The maximum Gasteiger partial charge on any atom is 0.199 e. The lowest BCUT2D eigenvalue weighted by Crippen LogP contribution is -2.13. The SMILES string of the molecule is CC(C)(C)c1nc(C2(O)CC2)co1. The van der Waals surface area contributed by atoms with E-state index >= 15 is 0 Å². The first-order chi connectivity index (χ1) is 5.92. The van der Waals surface area contributed by atoms with Gasteiger partial charge in [0.2, 0.25) is 0 Å². The molecule has 0 aromatic carbocycles. The van der Waals surface area contributed by atoms with E-state index in [9.17, 15) is 5.11 Å². The fourth-order valence-corrected chi connectivity index (χ4v) is 1.21. The van der Waals surface area contributed by atoms with E-state index in [0.717, 1.165) is 12.8 Å². The van der Waals surface area contributed by atoms with Gasteiger partial charge in [0, 0.05) is 5.41 Å². The molecule has 2 rings (SSSR count). The summed E-state index contributed by atoms with van der Waals surface area (Å²) in [7, 11) is 0. The maximum atomic E-state index is 9.76. The van der Waals surface area contributed by atoms with Crippen molar-refractivity contribution in [3.8, 4) is 0 Å². The van der Waals surface area contributed by atoms with Crippen LogP contribution >= 0.6 is 0 Å². The van der Waals surface area contributed by atoms with Gasteiger partial charge in [0.15, 0.2) is 5.89 Å². The van der Waals surface area contributed by atoms with Crippen molar-refractivity contribution in [3.63, 3.8) is 0 Å². The molecule has 1 heterocycles. The molecule has 1 aliphatic carbocycles. The molecule has 72 valence electrons. The van der Waals surface area contributed by atoms with E-state index in [4.69, 9.17) is 4.42 Å². The lowest BCUT2D eigenvalue weighted by atomic mass is 9.97. The van der Waals surface area contributed by atoms with Crippen molar-refractivity contribution in [3.05, 3.63) is 17.8 Å². The van der Waals surface area contributed by atoms with Gasteiger partial charge in [-0.1, -0.05) is 20.8 Å². The Morgan fingerprint density at radius 3 is 2.46 bits per heavy atom. The van der Waals surface area contributed by atoms with E-state index in [1.165, 1.54) is 0 Å². The van der Waals surface area contributed by atoms with Crippen LogP contribution in [0.4, 0.5) is 0 Å². The number of rotatable bonds is 1. The van der Waals surface area contributed by atoms with Crippen LogP contribution in [0.25, 0.3) is 0 Å². The topological polar surface area (TPSA) is 46.3 Å². The molecule has 0 amide bonds. The van der Waals surface area contributed by atoms with Gasteiger partial charge in [-0.15, -0.1) is 0 Å². The third-order valence-electron chi connectivity index (χ3n) is 2.35. The van der Waals surface area contributed by atoms with Gasteiger partial charge in [0.05, 0.1) is 0 Å². The molecule has 0 aliphatic heterocycles. The van der Waals surface area contributed by atoms with Crippen molar-refractivity contribution in [1.29, 1.82) is 0 Å². The van der Waals surface area contributed by atoms with Crippen LogP contribution < -0.4 is 0 Å². The second-order valence-corrected chi connectivity index (χ2v) is 4.82. The largest absolute Gasteiger partial charge is 0.448 e. The Morgan fingerprint density at radius 2 is 2.08 bits per heavy atom. The molecule has 1 saturated carbocycles. The van der Waals surface area contributed by atoms with E-state index in [0.29, 0.717) is 11.6 Å². The number of hydrogen-bond donors (Lipinski definition) is 1. The van der Waals surface area contributed by atoms with E-state index in [2.05, 4.69) is 4.98 Å². The van der Waals surface area contributed by atoms with Gasteiger partial charge in [0.1, 0.15) is 17.6 Å². The van der Waals surface area contributed by atoms with Crippen LogP contribution in [0.15, 0.2) is 10.7 Å². The fourth-order valence-electron chi connectivity index (χ4n) is 1.21. The Hall–Kier alpha value is -0.830. The summed E-state index contributed by atoms with van der Waals surface area (Å²) in [6, 6.07) is 0. The zero-order valence-corrected chi connectivity index (χ0v) is 8.29. The minimum absolute atomic E-state index is 0.0799. The molecule has 0 unspecified atom stereocenters. The highest BCUT2D eigenvalue weighted by atomic mass is 16.3. The van der Waals surface area contributed by atoms with Crippen molar-refractivity contribution < 1.29 is 9.52 Å². The molecule has 13 heavy (non-hydrogen) atoms. The second kappa shape index (κ2) is 2.35. The average molecular weight is 181 g/mol. The molecule has 0 radical (unpaired) electrons. The first-order valence-electron chi connectivity index (χ1n) is 4.61. The van der Waals surface area contributed by atoms with Crippen LogP contribution in [0.3, 0.4) is 0 Å². The minimum Gasteiger partial charge on any atom is -0.448 e. The number of aliphatic hydroxyl groups is 1. The van der Waals surface area contributed by atoms with Gasteiger partial charge in [-0.2, -0.15) is 0 Å². The molecular formula is C10H15NO2. The molecule has 0 saturated heterocycles. The second-order valence-electron chi connectivity index (χ2n) is 4.82. The van der Waals surface area contributed by atoms with Gasteiger partial charge >= 0.3 is 0 Å². The van der Waals surface area contributed by atoms with Gasteiger partial charge in [-0.3, -0.25) is 0 Å². The summed E-state index contributed by atoms with van der Waals surface area (Å²) in [6.07, 6.45) is 3.19. The third-order valence-corrected chi connectivity index (χ3v) is 2.35. The number of aromatic nitrogens is 1. The Morgan fingerprint density at radius 1 is 1.46 bits per heavy atom. The molecular weight excluding hydrogens is 166 g/mol. The quantitative estimate of drug-likeness (QED) is 0.720. The van der Waals surface area contributed by atoms with Crippen molar-refractivity contribution >= 4 is 0 Å². The molecule has 0 spiro atoms. The van der Waals surface area contributed by atoms with Crippen molar-refractivity contribution in [2.45, 2.75) is 44.6 Å². The lowest BCUT2D eigenvalue weighted by molar-refractivity contribution is 0.146. The summed E-state index contributed by atoms with van der Waals surface area (Å²) in [5.74, 6) is 0.697. The summed E-state index contributed by atoms with van der Waals surface area (Å²) < 4.78 is 5.32. The Kier molecular flexibility index (Phi) is 1.58. The lowest BCUT2D eigenvalue weighted by Gasteiger charge is -2.12. The highest BCUT2D eigenvalue weighted by Crippen LogP contribution is 2.45. The van der Waals surface area contributed by atoms with Gasteiger partial charge in [-0.05, 0) is 12.8 Å². The van der Waals surface area contributed by atoms with E-state index in [-0.39, 0.29) is 5.41 Å². The van der Waals surface area contributed by atoms with Crippen molar-refractivity contribution in [1.82, 2.24) is 4.98 Å². The Balaban J connectivity index is 2.29. The predicted molar refractivity (Wildman–Crippen MR) is 48.3 cm³/mol. The standard InChI is InChI=1S/C10H15NO2/c1-9(2,3)8-11-7(6-13-8)10(12)4-5-10/h6,12H,4-5H2,1-3H3. The summed E-state index contributed by atoms with van der Waals surface area (Å²) in [4.78, 5) is 4.30. The van der Waals surface area contributed by atoms with Crippen molar-refractivity contribution in [2.24, 2.45) is 0 Å². The van der Waals surface area contributed by atoms with Crippen LogP contribution in [-0.2, 0) is 11.0 Å². The monoisotopic (exact) mass is 181 g/mol. The first-order valence-corrected chi connectivity index (χ1v) is 4.61. The number of oxazole rings is 1. The number of hydrogen-bond acceptors (Lipinski definition) is 3. The summed E-state index contributed by atoms with van der Waals surface area (Å²) >= 11 is 0. The van der Waals surface area contributed by atoms with Gasteiger partial charge in [0.25, 0.3) is 0 Å². The van der Waals surface area contributed by atoms with Crippen LogP contribution in [0.1, 0.15) is 45.2 Å². The molecule has 0 atom stereocenters. The summed E-state index contributed by atoms with van der Waals surface area (Å²) in [5, 5.41) is 9.76. The summed E-state index contributed by atoms with van der Waals surface area (Å²) in [5.41, 5.74) is -0.0614. The first kappa shape index (κ1) is 8.75. The Labute approximate surface area is 77.8 Å². The smallest absolute Gasteiger partial charge is 0.199 e. The van der Waals surface area contributed by atoms with E-state index in [1.807, 2.05) is 20.8 Å². The van der Waals surface area contributed by atoms with Crippen LogP contribution in [0.2, 0.25) is 0 Å². The Bertz CT molecular complexity index is 298. The molecule has 1 aromatic rings. The molecule has 0 bridgehead atoms. The van der Waals surface area contributed by atoms with Crippen LogP contribution in [-0.4, -0.2) is 10.1 Å². The predicted octanol–water partition coefficient (Wildman–Crippen LogP) is 1.95. The minimum atomic E-state index is -0.674.